The zero-order valence-corrected chi connectivity index (χ0v) is 16.5. The number of aryl methyl sites for hydroxylation is 2. The van der Waals surface area contributed by atoms with Crippen LogP contribution in [-0.2, 0) is 20.1 Å². The summed E-state index contributed by atoms with van der Waals surface area (Å²) in [5.74, 6) is 2.45. The SMILES string of the molecule is C=CCNC(=NCc1nnc(C)n1C)NCCCn1cccn1.I. The molecule has 2 N–H and O–H groups in total. The number of hydrogen-bond acceptors (Lipinski definition) is 4. The molecule has 0 saturated carbocycles. The van der Waals surface area contributed by atoms with Gasteiger partial charge in [-0.1, -0.05) is 6.08 Å². The van der Waals surface area contributed by atoms with Gasteiger partial charge in [-0.15, -0.1) is 40.8 Å². The summed E-state index contributed by atoms with van der Waals surface area (Å²) in [4.78, 5) is 4.54. The van der Waals surface area contributed by atoms with E-state index in [2.05, 4.69) is 37.5 Å². The molecule has 132 valence electrons. The van der Waals surface area contributed by atoms with Crippen LogP contribution in [0.25, 0.3) is 0 Å². The second-order valence-corrected chi connectivity index (χ2v) is 5.11. The van der Waals surface area contributed by atoms with Gasteiger partial charge >= 0.3 is 0 Å². The normalized spacial score (nSPS) is 11.0. The lowest BCUT2D eigenvalue weighted by atomic mass is 10.4. The van der Waals surface area contributed by atoms with Crippen molar-refractivity contribution >= 4 is 29.9 Å². The number of halogens is 1. The van der Waals surface area contributed by atoms with Gasteiger partial charge in [-0.25, -0.2) is 4.99 Å². The Morgan fingerprint density at radius 2 is 2.21 bits per heavy atom. The molecule has 2 aromatic rings. The molecule has 0 unspecified atom stereocenters. The van der Waals surface area contributed by atoms with Crippen LogP contribution in [0.3, 0.4) is 0 Å². The molecule has 24 heavy (non-hydrogen) atoms. The molecule has 0 bridgehead atoms. The first-order valence-corrected chi connectivity index (χ1v) is 7.66. The smallest absolute Gasteiger partial charge is 0.191 e. The highest BCUT2D eigenvalue weighted by Crippen LogP contribution is 1.99. The van der Waals surface area contributed by atoms with Crippen molar-refractivity contribution < 1.29 is 0 Å². The summed E-state index contributed by atoms with van der Waals surface area (Å²) in [5.41, 5.74) is 0. The van der Waals surface area contributed by atoms with Crippen molar-refractivity contribution in [3.05, 3.63) is 42.8 Å². The van der Waals surface area contributed by atoms with Gasteiger partial charge in [-0.2, -0.15) is 5.10 Å². The van der Waals surface area contributed by atoms with Gasteiger partial charge in [0.05, 0.1) is 0 Å². The van der Waals surface area contributed by atoms with E-state index in [4.69, 9.17) is 0 Å². The maximum absolute atomic E-state index is 4.54. The van der Waals surface area contributed by atoms with Gasteiger partial charge in [0, 0.05) is 39.1 Å². The van der Waals surface area contributed by atoms with Crippen LogP contribution >= 0.6 is 24.0 Å². The minimum absolute atomic E-state index is 0. The average molecular weight is 444 g/mol. The quantitative estimate of drug-likeness (QED) is 0.211. The van der Waals surface area contributed by atoms with Crippen LogP contribution in [0, 0.1) is 6.92 Å². The molecule has 0 amide bonds. The van der Waals surface area contributed by atoms with Gasteiger partial charge < -0.3 is 15.2 Å². The molecule has 0 aromatic carbocycles. The van der Waals surface area contributed by atoms with Crippen LogP contribution in [-0.4, -0.2) is 43.6 Å². The number of aromatic nitrogens is 5. The van der Waals surface area contributed by atoms with E-state index in [0.717, 1.165) is 37.1 Å². The largest absolute Gasteiger partial charge is 0.356 e. The standard InChI is InChI=1S/C15H24N8.HI/c1-4-7-16-15(17-8-5-10-23-11-6-9-19-23)18-12-14-21-20-13(2)22(14)3;/h4,6,9,11H,1,5,7-8,10,12H2,2-3H3,(H2,16,17,18);1H. The Bertz CT molecular complexity index is 632. The molecular formula is C15H25IN8. The molecule has 0 aliphatic rings. The highest BCUT2D eigenvalue weighted by atomic mass is 127. The molecule has 0 spiro atoms. The van der Waals surface area contributed by atoms with Gasteiger partial charge in [0.25, 0.3) is 0 Å². The van der Waals surface area contributed by atoms with E-state index in [-0.39, 0.29) is 24.0 Å². The molecule has 0 aliphatic heterocycles. The number of hydrogen-bond donors (Lipinski definition) is 2. The molecule has 8 nitrogen and oxygen atoms in total. The number of guanidine groups is 1. The van der Waals surface area contributed by atoms with E-state index >= 15 is 0 Å². The molecular weight excluding hydrogens is 419 g/mol. The fraction of sp³-hybridized carbons (Fsp3) is 0.467. The molecule has 0 aliphatic carbocycles. The number of nitrogens with zero attached hydrogens (tertiary/aromatic N) is 6. The summed E-state index contributed by atoms with van der Waals surface area (Å²) < 4.78 is 3.85. The maximum atomic E-state index is 4.54. The Kier molecular flexibility index (Phi) is 9.05. The van der Waals surface area contributed by atoms with E-state index in [1.807, 2.05) is 35.5 Å². The number of nitrogens with one attached hydrogen (secondary N) is 2. The Hall–Kier alpha value is -1.91. The summed E-state index contributed by atoms with van der Waals surface area (Å²) in [6.45, 7) is 8.45. The lowest BCUT2D eigenvalue weighted by molar-refractivity contribution is 0.570. The van der Waals surface area contributed by atoms with E-state index < -0.39 is 0 Å². The van der Waals surface area contributed by atoms with Crippen LogP contribution in [0.1, 0.15) is 18.1 Å². The minimum Gasteiger partial charge on any atom is -0.356 e. The molecule has 9 heteroatoms. The molecule has 0 saturated heterocycles. The van der Waals surface area contributed by atoms with Gasteiger partial charge in [-0.05, 0) is 19.4 Å². The van der Waals surface area contributed by atoms with Crippen molar-refractivity contribution in [1.29, 1.82) is 0 Å². The van der Waals surface area contributed by atoms with E-state index in [9.17, 15) is 0 Å². The fourth-order valence-corrected chi connectivity index (χ4v) is 1.96. The van der Waals surface area contributed by atoms with Crippen molar-refractivity contribution in [2.45, 2.75) is 26.4 Å². The third kappa shape index (κ3) is 6.30. The van der Waals surface area contributed by atoms with Crippen LogP contribution in [0.5, 0.6) is 0 Å². The summed E-state index contributed by atoms with van der Waals surface area (Å²) in [5, 5.41) is 18.8. The van der Waals surface area contributed by atoms with Gasteiger partial charge in [-0.3, -0.25) is 4.68 Å². The zero-order chi connectivity index (χ0) is 16.5. The van der Waals surface area contributed by atoms with E-state index in [0.29, 0.717) is 13.1 Å². The van der Waals surface area contributed by atoms with Crippen LogP contribution in [0.15, 0.2) is 36.1 Å². The summed E-state index contributed by atoms with van der Waals surface area (Å²) >= 11 is 0. The highest BCUT2D eigenvalue weighted by molar-refractivity contribution is 14.0. The molecule has 2 heterocycles. The Morgan fingerprint density at radius 3 is 2.83 bits per heavy atom. The lowest BCUT2D eigenvalue weighted by Crippen LogP contribution is -2.38. The average Bonchev–Trinajstić information content (AvgIpc) is 3.18. The minimum atomic E-state index is 0. The second-order valence-electron chi connectivity index (χ2n) is 5.11. The van der Waals surface area contributed by atoms with Gasteiger partial charge in [0.15, 0.2) is 11.8 Å². The first-order valence-electron chi connectivity index (χ1n) is 7.66. The van der Waals surface area contributed by atoms with Crippen molar-refractivity contribution in [1.82, 2.24) is 35.2 Å². The zero-order valence-electron chi connectivity index (χ0n) is 14.1. The van der Waals surface area contributed by atoms with Crippen LogP contribution < -0.4 is 10.6 Å². The summed E-state index contributed by atoms with van der Waals surface area (Å²) in [6.07, 6.45) is 6.50. The first kappa shape index (κ1) is 20.1. The molecule has 0 fully saturated rings. The Balaban J connectivity index is 0.00000288. The summed E-state index contributed by atoms with van der Waals surface area (Å²) in [7, 11) is 1.94. The maximum Gasteiger partial charge on any atom is 0.191 e. The predicted octanol–water partition coefficient (Wildman–Crippen LogP) is 1.25. The van der Waals surface area contributed by atoms with Gasteiger partial charge in [0.1, 0.15) is 12.4 Å². The van der Waals surface area contributed by atoms with E-state index in [1.165, 1.54) is 0 Å². The Morgan fingerprint density at radius 1 is 1.38 bits per heavy atom. The second kappa shape index (κ2) is 10.8. The third-order valence-corrected chi connectivity index (χ3v) is 3.39. The van der Waals surface area contributed by atoms with Crippen molar-refractivity contribution in [3.8, 4) is 0 Å². The predicted molar refractivity (Wildman–Crippen MR) is 105 cm³/mol. The van der Waals surface area contributed by atoms with Gasteiger partial charge in [0.2, 0.25) is 0 Å². The molecule has 2 rings (SSSR count). The monoisotopic (exact) mass is 444 g/mol. The van der Waals surface area contributed by atoms with Crippen molar-refractivity contribution in [2.75, 3.05) is 13.1 Å². The molecule has 0 radical (unpaired) electrons. The van der Waals surface area contributed by atoms with Crippen LogP contribution in [0.4, 0.5) is 0 Å². The third-order valence-electron chi connectivity index (χ3n) is 3.39. The van der Waals surface area contributed by atoms with Crippen molar-refractivity contribution in [3.63, 3.8) is 0 Å². The van der Waals surface area contributed by atoms with E-state index in [1.54, 1.807) is 12.3 Å². The number of rotatable bonds is 8. The molecule has 2 aromatic heterocycles. The Labute approximate surface area is 159 Å². The fourth-order valence-electron chi connectivity index (χ4n) is 1.96. The topological polar surface area (TPSA) is 85.0 Å². The first-order chi connectivity index (χ1) is 11.2. The summed E-state index contributed by atoms with van der Waals surface area (Å²) in [6, 6.07) is 1.93. The molecule has 0 atom stereocenters. The van der Waals surface area contributed by atoms with Crippen molar-refractivity contribution in [2.24, 2.45) is 12.0 Å². The lowest BCUT2D eigenvalue weighted by Gasteiger charge is -2.11. The van der Waals surface area contributed by atoms with Crippen LogP contribution in [0.2, 0.25) is 0 Å². The highest BCUT2D eigenvalue weighted by Gasteiger charge is 2.04. The number of aliphatic imine (C=N–C) groups is 1.